The van der Waals surface area contributed by atoms with Crippen molar-refractivity contribution >= 4 is 23.3 Å². The highest BCUT2D eigenvalue weighted by molar-refractivity contribution is 6.21. The molecule has 0 fully saturated rings. The summed E-state index contributed by atoms with van der Waals surface area (Å²) in [4.78, 5) is 38.7. The summed E-state index contributed by atoms with van der Waals surface area (Å²) in [5.41, 5.74) is 0.801. The fourth-order valence-electron chi connectivity index (χ4n) is 1.81. The molecule has 0 bridgehead atoms. The molecule has 0 radical (unpaired) electrons. The smallest absolute Gasteiger partial charge is 0.410 e. The van der Waals surface area contributed by atoms with Crippen molar-refractivity contribution in [2.45, 2.75) is 13.8 Å². The van der Waals surface area contributed by atoms with Gasteiger partial charge in [-0.3, -0.25) is 24.8 Å². The molecule has 1 aromatic carbocycles. The molecule has 1 aliphatic rings. The van der Waals surface area contributed by atoms with Gasteiger partial charge in [-0.15, -0.1) is 0 Å². The first-order chi connectivity index (χ1) is 10.4. The van der Waals surface area contributed by atoms with E-state index in [2.05, 4.69) is 4.99 Å². The lowest BCUT2D eigenvalue weighted by atomic mass is 10.1. The summed E-state index contributed by atoms with van der Waals surface area (Å²) in [5, 5.41) is 10.5. The number of Topliss-reactive ketones (excluding diaryl/α,β-unsaturated/α-hetero) is 1. The highest BCUT2D eigenvalue weighted by Crippen LogP contribution is 2.19. The van der Waals surface area contributed by atoms with Crippen LogP contribution in [0.3, 0.4) is 0 Å². The second kappa shape index (κ2) is 6.17. The molecule has 0 aliphatic carbocycles. The number of nitro groups is 1. The number of aliphatic imine (C=N–C) groups is 1. The molecule has 1 heterocycles. The summed E-state index contributed by atoms with van der Waals surface area (Å²) in [6, 6.07) is 5.12. The summed E-state index contributed by atoms with van der Waals surface area (Å²) in [6.07, 6.45) is 0.669. The van der Waals surface area contributed by atoms with Gasteiger partial charge in [-0.25, -0.2) is 4.79 Å². The number of rotatable bonds is 3. The number of hydrogen-bond acceptors (Lipinski definition) is 6. The third kappa shape index (κ3) is 3.35. The number of ether oxygens (including phenoxy) is 1. The molecule has 0 aromatic heterocycles. The quantitative estimate of drug-likeness (QED) is 0.629. The van der Waals surface area contributed by atoms with E-state index in [1.54, 1.807) is 6.92 Å². The average molecular weight is 303 g/mol. The van der Waals surface area contributed by atoms with Gasteiger partial charge in [-0.1, -0.05) is 0 Å². The van der Waals surface area contributed by atoms with Gasteiger partial charge in [0.15, 0.2) is 5.78 Å². The van der Waals surface area contributed by atoms with Crippen molar-refractivity contribution in [1.29, 1.82) is 0 Å². The lowest BCUT2D eigenvalue weighted by molar-refractivity contribution is -0.384. The number of nitrogens with zero attached hydrogens (tertiary/aromatic N) is 3. The van der Waals surface area contributed by atoms with Gasteiger partial charge >= 0.3 is 6.09 Å². The van der Waals surface area contributed by atoms with Crippen LogP contribution >= 0.6 is 0 Å². The molecule has 0 spiro atoms. The first-order valence-electron chi connectivity index (χ1n) is 6.35. The Morgan fingerprint density at radius 2 is 1.95 bits per heavy atom. The summed E-state index contributed by atoms with van der Waals surface area (Å²) >= 11 is 0. The van der Waals surface area contributed by atoms with Gasteiger partial charge in [0, 0.05) is 24.0 Å². The molecule has 0 unspecified atom stereocenters. The third-order valence-electron chi connectivity index (χ3n) is 3.00. The van der Waals surface area contributed by atoms with Crippen LogP contribution in [0, 0.1) is 10.1 Å². The molecule has 1 aliphatic heterocycles. The topological polar surface area (TPSA) is 102 Å². The number of allylic oxidation sites excluding steroid dienone is 1. The summed E-state index contributed by atoms with van der Waals surface area (Å²) in [7, 11) is 0. The minimum atomic E-state index is -0.719. The zero-order valence-electron chi connectivity index (χ0n) is 12.0. The van der Waals surface area contributed by atoms with Gasteiger partial charge in [0.05, 0.1) is 10.5 Å². The van der Waals surface area contributed by atoms with Crippen LogP contribution in [0.5, 0.6) is 5.75 Å². The van der Waals surface area contributed by atoms with Crippen LogP contribution in [0.15, 0.2) is 41.0 Å². The highest BCUT2D eigenvalue weighted by Gasteiger charge is 2.21. The minimum absolute atomic E-state index is 0.0500. The second-order valence-electron chi connectivity index (χ2n) is 4.57. The normalized spacial score (nSPS) is 14.0. The molecule has 114 valence electrons. The molecule has 8 nitrogen and oxygen atoms in total. The molecule has 22 heavy (non-hydrogen) atoms. The first kappa shape index (κ1) is 15.4. The Morgan fingerprint density at radius 1 is 1.32 bits per heavy atom. The van der Waals surface area contributed by atoms with E-state index in [-0.39, 0.29) is 23.9 Å². The van der Waals surface area contributed by atoms with Crippen LogP contribution in [-0.4, -0.2) is 34.1 Å². The van der Waals surface area contributed by atoms with Crippen LogP contribution in [0.1, 0.15) is 13.8 Å². The Kier molecular flexibility index (Phi) is 4.31. The van der Waals surface area contributed by atoms with Crippen molar-refractivity contribution in [3.63, 3.8) is 0 Å². The van der Waals surface area contributed by atoms with Gasteiger partial charge < -0.3 is 4.74 Å². The van der Waals surface area contributed by atoms with E-state index < -0.39 is 11.0 Å². The van der Waals surface area contributed by atoms with Gasteiger partial charge in [0.25, 0.3) is 5.69 Å². The van der Waals surface area contributed by atoms with E-state index in [4.69, 9.17) is 4.74 Å². The maximum atomic E-state index is 12.0. The van der Waals surface area contributed by atoms with Crippen LogP contribution < -0.4 is 4.74 Å². The maximum Gasteiger partial charge on any atom is 0.420 e. The average Bonchev–Trinajstić information content (AvgIpc) is 2.47. The first-order valence-corrected chi connectivity index (χ1v) is 6.35. The maximum absolute atomic E-state index is 12.0. The molecule has 1 aromatic rings. The molecule has 0 saturated carbocycles. The van der Waals surface area contributed by atoms with E-state index in [9.17, 15) is 19.7 Å². The number of amides is 1. The lowest BCUT2D eigenvalue weighted by Crippen LogP contribution is -2.33. The summed E-state index contributed by atoms with van der Waals surface area (Å²) < 4.78 is 5.09. The van der Waals surface area contributed by atoms with Crippen molar-refractivity contribution in [1.82, 2.24) is 4.90 Å². The Labute approximate surface area is 125 Å². The zero-order chi connectivity index (χ0) is 16.3. The predicted molar refractivity (Wildman–Crippen MR) is 77.7 cm³/mol. The molecule has 0 N–H and O–H groups in total. The standard InChI is InChI=1S/C14H13N3O5/c1-9-13(10(2)18)7-16(8-15-9)14(19)22-12-5-3-11(4-6-12)17(20)21/h3-7H,8H2,1-2H3. The SMILES string of the molecule is CC(=O)C1=CN(C(=O)Oc2ccc([N+](=O)[O-])cc2)CN=C1C. The molecule has 0 atom stereocenters. The predicted octanol–water partition coefficient (Wildman–Crippen LogP) is 2.30. The molecule has 2 rings (SSSR count). The lowest BCUT2D eigenvalue weighted by Gasteiger charge is -2.21. The van der Waals surface area contributed by atoms with Crippen molar-refractivity contribution in [3.05, 3.63) is 46.2 Å². The van der Waals surface area contributed by atoms with E-state index in [0.717, 1.165) is 4.90 Å². The van der Waals surface area contributed by atoms with Crippen LogP contribution in [0.25, 0.3) is 0 Å². The summed E-state index contributed by atoms with van der Waals surface area (Å²) in [6.45, 7) is 3.12. The Balaban J connectivity index is 2.09. The number of carbonyl (C=O) groups excluding carboxylic acids is 2. The molecule has 8 heteroatoms. The Morgan fingerprint density at radius 3 is 2.50 bits per heavy atom. The van der Waals surface area contributed by atoms with Crippen molar-refractivity contribution in [2.24, 2.45) is 4.99 Å². The number of ketones is 1. The van der Waals surface area contributed by atoms with Crippen LogP contribution in [0.2, 0.25) is 0 Å². The molecule has 1 amide bonds. The monoisotopic (exact) mass is 303 g/mol. The van der Waals surface area contributed by atoms with Crippen LogP contribution in [-0.2, 0) is 4.79 Å². The van der Waals surface area contributed by atoms with E-state index >= 15 is 0 Å². The number of non-ortho nitro benzene ring substituents is 1. The van der Waals surface area contributed by atoms with Gasteiger partial charge in [0.2, 0.25) is 0 Å². The van der Waals surface area contributed by atoms with E-state index in [1.807, 2.05) is 0 Å². The van der Waals surface area contributed by atoms with E-state index in [0.29, 0.717) is 11.3 Å². The highest BCUT2D eigenvalue weighted by atomic mass is 16.6. The number of benzene rings is 1. The second-order valence-corrected chi connectivity index (χ2v) is 4.57. The minimum Gasteiger partial charge on any atom is -0.410 e. The third-order valence-corrected chi connectivity index (χ3v) is 3.00. The zero-order valence-corrected chi connectivity index (χ0v) is 12.0. The molecular formula is C14H13N3O5. The number of carbonyl (C=O) groups is 2. The fourth-order valence-corrected chi connectivity index (χ4v) is 1.81. The van der Waals surface area contributed by atoms with Crippen molar-refractivity contribution < 1.29 is 19.2 Å². The largest absolute Gasteiger partial charge is 0.420 e. The number of nitro benzene ring substituents is 1. The Bertz CT molecular complexity index is 691. The van der Waals surface area contributed by atoms with Crippen molar-refractivity contribution in [2.75, 3.05) is 6.67 Å². The molecule has 0 saturated heterocycles. The number of hydrogen-bond donors (Lipinski definition) is 0. The van der Waals surface area contributed by atoms with Gasteiger partial charge in [-0.2, -0.15) is 0 Å². The summed E-state index contributed by atoms with van der Waals surface area (Å²) in [5.74, 6) is -0.0336. The Hall–Kier alpha value is -3.03. The van der Waals surface area contributed by atoms with Crippen LogP contribution in [0.4, 0.5) is 10.5 Å². The van der Waals surface area contributed by atoms with E-state index in [1.165, 1.54) is 37.4 Å². The van der Waals surface area contributed by atoms with Gasteiger partial charge in [-0.05, 0) is 26.0 Å². The van der Waals surface area contributed by atoms with Crippen molar-refractivity contribution in [3.8, 4) is 5.75 Å². The van der Waals surface area contributed by atoms with Gasteiger partial charge in [0.1, 0.15) is 12.4 Å². The molecular weight excluding hydrogens is 290 g/mol. The fraction of sp³-hybridized carbons (Fsp3) is 0.214.